The van der Waals surface area contributed by atoms with Crippen LogP contribution in [0.4, 0.5) is 0 Å². The zero-order valence-corrected chi connectivity index (χ0v) is 13.3. The molecule has 0 fully saturated rings. The van der Waals surface area contributed by atoms with Gasteiger partial charge >= 0.3 is 0 Å². The molecule has 0 aliphatic rings. The van der Waals surface area contributed by atoms with Crippen molar-refractivity contribution in [2.45, 2.75) is 20.1 Å². The van der Waals surface area contributed by atoms with Gasteiger partial charge in [-0.05, 0) is 24.1 Å². The molecule has 6 heteroatoms. The van der Waals surface area contributed by atoms with Gasteiger partial charge in [0.2, 0.25) is 0 Å². The Bertz CT molecular complexity index is 843. The molecule has 0 unspecified atom stereocenters. The molecule has 0 atom stereocenters. The molecule has 0 bridgehead atoms. The summed E-state index contributed by atoms with van der Waals surface area (Å²) in [5.74, 6) is -0.359. The summed E-state index contributed by atoms with van der Waals surface area (Å²) in [5, 5.41) is 20.8. The molecule has 1 aromatic heterocycles. The number of benzene rings is 2. The van der Waals surface area contributed by atoms with Gasteiger partial charge in [0.15, 0.2) is 5.69 Å². The van der Waals surface area contributed by atoms with Gasteiger partial charge in [-0.2, -0.15) is 4.80 Å². The number of aliphatic hydroxyl groups excluding tert-OH is 1. The molecule has 0 saturated carbocycles. The lowest BCUT2D eigenvalue weighted by Gasteiger charge is -2.04. The lowest BCUT2D eigenvalue weighted by Crippen LogP contribution is -2.24. The molecule has 1 heterocycles. The van der Waals surface area contributed by atoms with Gasteiger partial charge in [-0.25, -0.2) is 0 Å². The summed E-state index contributed by atoms with van der Waals surface area (Å²) in [4.78, 5) is 13.8. The molecule has 0 aliphatic heterocycles. The third-order valence-corrected chi connectivity index (χ3v) is 3.68. The number of aliphatic hydroxyl groups is 1. The minimum Gasteiger partial charge on any atom is -0.390 e. The third kappa shape index (κ3) is 3.33. The van der Waals surface area contributed by atoms with Gasteiger partial charge in [0.25, 0.3) is 5.91 Å². The predicted molar refractivity (Wildman–Crippen MR) is 89.6 cm³/mol. The Morgan fingerprint density at radius 3 is 2.50 bits per heavy atom. The van der Waals surface area contributed by atoms with Crippen LogP contribution in [0.25, 0.3) is 5.69 Å². The lowest BCUT2D eigenvalue weighted by atomic mass is 10.2. The summed E-state index contributed by atoms with van der Waals surface area (Å²) < 4.78 is 0. The highest BCUT2D eigenvalue weighted by atomic mass is 16.3. The van der Waals surface area contributed by atoms with E-state index < -0.39 is 0 Å². The number of aryl methyl sites for hydroxylation is 1. The highest BCUT2D eigenvalue weighted by Crippen LogP contribution is 2.13. The molecule has 2 N–H and O–H groups in total. The SMILES string of the molecule is Cc1ccccc1-n1nc(CO)c(C(=O)NCc2ccccc2)n1. The molecule has 0 spiro atoms. The number of nitrogens with one attached hydrogen (secondary N) is 1. The van der Waals surface area contributed by atoms with Crippen molar-refractivity contribution < 1.29 is 9.90 Å². The molecular weight excluding hydrogens is 304 g/mol. The van der Waals surface area contributed by atoms with Gasteiger partial charge in [-0.3, -0.25) is 4.79 Å². The Morgan fingerprint density at radius 2 is 1.79 bits per heavy atom. The first kappa shape index (κ1) is 15.9. The molecule has 2 aromatic carbocycles. The van der Waals surface area contributed by atoms with Gasteiger partial charge in [-0.1, -0.05) is 48.5 Å². The van der Waals surface area contributed by atoms with E-state index in [4.69, 9.17) is 0 Å². The minimum atomic E-state index is -0.359. The van der Waals surface area contributed by atoms with Crippen LogP contribution in [0.5, 0.6) is 0 Å². The number of nitrogens with zero attached hydrogens (tertiary/aromatic N) is 3. The number of hydrogen-bond acceptors (Lipinski definition) is 4. The quantitative estimate of drug-likeness (QED) is 0.753. The summed E-state index contributed by atoms with van der Waals surface area (Å²) in [6.45, 7) is 1.98. The van der Waals surface area contributed by atoms with Crippen molar-refractivity contribution in [1.82, 2.24) is 20.3 Å². The molecule has 122 valence electrons. The summed E-state index contributed by atoms with van der Waals surface area (Å²) in [6.07, 6.45) is 0. The van der Waals surface area contributed by atoms with Crippen LogP contribution in [0.1, 0.15) is 27.3 Å². The number of hydrogen-bond donors (Lipinski definition) is 2. The van der Waals surface area contributed by atoms with Gasteiger partial charge in [0.1, 0.15) is 5.69 Å². The molecule has 0 aliphatic carbocycles. The zero-order valence-electron chi connectivity index (χ0n) is 13.3. The van der Waals surface area contributed by atoms with Gasteiger partial charge in [-0.15, -0.1) is 10.2 Å². The van der Waals surface area contributed by atoms with Crippen molar-refractivity contribution in [3.8, 4) is 5.69 Å². The second-order valence-electron chi connectivity index (χ2n) is 5.40. The van der Waals surface area contributed by atoms with Crippen LogP contribution in [0, 0.1) is 6.92 Å². The van der Waals surface area contributed by atoms with E-state index in [1.165, 1.54) is 4.80 Å². The predicted octanol–water partition coefficient (Wildman–Crippen LogP) is 2.00. The molecular formula is C18H18N4O2. The van der Waals surface area contributed by atoms with Gasteiger partial charge in [0, 0.05) is 6.54 Å². The van der Waals surface area contributed by atoms with Crippen LogP contribution in [0.15, 0.2) is 54.6 Å². The third-order valence-electron chi connectivity index (χ3n) is 3.68. The fourth-order valence-electron chi connectivity index (χ4n) is 2.38. The zero-order chi connectivity index (χ0) is 16.9. The fourth-order valence-corrected chi connectivity index (χ4v) is 2.38. The first-order valence-corrected chi connectivity index (χ1v) is 7.64. The molecule has 3 aromatic rings. The first-order chi connectivity index (χ1) is 11.7. The van der Waals surface area contributed by atoms with E-state index in [1.807, 2.05) is 61.5 Å². The summed E-state index contributed by atoms with van der Waals surface area (Å²) in [7, 11) is 0. The summed E-state index contributed by atoms with van der Waals surface area (Å²) >= 11 is 0. The van der Waals surface area contributed by atoms with E-state index in [0.29, 0.717) is 6.54 Å². The second-order valence-corrected chi connectivity index (χ2v) is 5.40. The van der Waals surface area contributed by atoms with Crippen molar-refractivity contribution in [2.24, 2.45) is 0 Å². The van der Waals surface area contributed by atoms with Crippen LogP contribution in [-0.4, -0.2) is 26.0 Å². The monoisotopic (exact) mass is 322 g/mol. The number of rotatable bonds is 5. The van der Waals surface area contributed by atoms with E-state index in [2.05, 4.69) is 15.5 Å². The summed E-state index contributed by atoms with van der Waals surface area (Å²) in [5.41, 5.74) is 3.13. The normalized spacial score (nSPS) is 10.6. The average molecular weight is 322 g/mol. The smallest absolute Gasteiger partial charge is 0.274 e. The Hall–Kier alpha value is -2.99. The largest absolute Gasteiger partial charge is 0.390 e. The Kier molecular flexibility index (Phi) is 4.67. The topological polar surface area (TPSA) is 80.0 Å². The highest BCUT2D eigenvalue weighted by molar-refractivity contribution is 5.93. The first-order valence-electron chi connectivity index (χ1n) is 7.64. The molecule has 3 rings (SSSR count). The van der Waals surface area contributed by atoms with Crippen LogP contribution < -0.4 is 5.32 Å². The van der Waals surface area contributed by atoms with Crippen LogP contribution in [0.3, 0.4) is 0 Å². The van der Waals surface area contributed by atoms with E-state index in [9.17, 15) is 9.90 Å². The summed E-state index contributed by atoms with van der Waals surface area (Å²) in [6, 6.07) is 17.2. The van der Waals surface area contributed by atoms with Crippen molar-refractivity contribution in [2.75, 3.05) is 0 Å². The maximum Gasteiger partial charge on any atom is 0.274 e. The van der Waals surface area contributed by atoms with Crippen LogP contribution >= 0.6 is 0 Å². The van der Waals surface area contributed by atoms with Crippen molar-refractivity contribution in [1.29, 1.82) is 0 Å². The molecule has 0 saturated heterocycles. The van der Waals surface area contributed by atoms with Crippen molar-refractivity contribution in [3.63, 3.8) is 0 Å². The standard InChI is InChI=1S/C18H18N4O2/c1-13-7-5-6-10-16(13)22-20-15(12-23)17(21-22)18(24)19-11-14-8-3-2-4-9-14/h2-10,23H,11-12H2,1H3,(H,19,24). The number of amides is 1. The van der Waals surface area contributed by atoms with Crippen LogP contribution in [-0.2, 0) is 13.2 Å². The maximum absolute atomic E-state index is 12.4. The van der Waals surface area contributed by atoms with E-state index in [-0.39, 0.29) is 23.9 Å². The Balaban J connectivity index is 1.82. The minimum absolute atomic E-state index is 0.136. The van der Waals surface area contributed by atoms with E-state index in [0.717, 1.165) is 16.8 Å². The molecule has 1 amide bonds. The van der Waals surface area contributed by atoms with Crippen molar-refractivity contribution in [3.05, 3.63) is 77.1 Å². The molecule has 0 radical (unpaired) electrons. The Labute approximate surface area is 139 Å². The average Bonchev–Trinajstić information content (AvgIpc) is 3.05. The number of para-hydroxylation sites is 1. The molecule has 24 heavy (non-hydrogen) atoms. The second kappa shape index (κ2) is 7.06. The Morgan fingerprint density at radius 1 is 1.08 bits per heavy atom. The number of aromatic nitrogens is 3. The highest BCUT2D eigenvalue weighted by Gasteiger charge is 2.19. The van der Waals surface area contributed by atoms with Crippen molar-refractivity contribution >= 4 is 5.91 Å². The lowest BCUT2D eigenvalue weighted by molar-refractivity contribution is 0.0942. The number of carbonyl (C=O) groups excluding carboxylic acids is 1. The van der Waals surface area contributed by atoms with Gasteiger partial charge in [0.05, 0.1) is 12.3 Å². The molecule has 6 nitrogen and oxygen atoms in total. The van der Waals surface area contributed by atoms with Crippen LogP contribution in [0.2, 0.25) is 0 Å². The maximum atomic E-state index is 12.4. The van der Waals surface area contributed by atoms with E-state index >= 15 is 0 Å². The van der Waals surface area contributed by atoms with E-state index in [1.54, 1.807) is 0 Å². The van der Waals surface area contributed by atoms with Gasteiger partial charge < -0.3 is 10.4 Å². The fraction of sp³-hybridized carbons (Fsp3) is 0.167. The number of carbonyl (C=O) groups is 1.